The second-order valence-corrected chi connectivity index (χ2v) is 5.77. The monoisotopic (exact) mass is 260 g/mol. The second kappa shape index (κ2) is 5.83. The summed E-state index contributed by atoms with van der Waals surface area (Å²) in [4.78, 5) is 2.47. The first kappa shape index (κ1) is 12.8. The molecule has 2 aliphatic heterocycles. The Bertz CT molecular complexity index is 415. The SMILES string of the molecule is CC1CCC(CNc2cccc(N3CCCC3)c2)O1. The van der Waals surface area contributed by atoms with Crippen molar-refractivity contribution in [1.29, 1.82) is 0 Å². The Hall–Kier alpha value is -1.22. The molecule has 0 aliphatic carbocycles. The number of hydrogen-bond donors (Lipinski definition) is 1. The minimum atomic E-state index is 0.380. The Morgan fingerprint density at radius 1 is 1.26 bits per heavy atom. The Morgan fingerprint density at radius 2 is 2.11 bits per heavy atom. The summed E-state index contributed by atoms with van der Waals surface area (Å²) in [6, 6.07) is 8.78. The fourth-order valence-electron chi connectivity index (χ4n) is 3.05. The molecule has 0 spiro atoms. The van der Waals surface area contributed by atoms with E-state index in [2.05, 4.69) is 41.4 Å². The molecule has 2 unspecified atom stereocenters. The van der Waals surface area contributed by atoms with Crippen molar-refractivity contribution in [3.63, 3.8) is 0 Å². The lowest BCUT2D eigenvalue weighted by atomic mass is 10.2. The fraction of sp³-hybridized carbons (Fsp3) is 0.625. The number of nitrogens with zero attached hydrogens (tertiary/aromatic N) is 1. The number of rotatable bonds is 4. The van der Waals surface area contributed by atoms with Crippen molar-refractivity contribution >= 4 is 11.4 Å². The molecule has 19 heavy (non-hydrogen) atoms. The van der Waals surface area contributed by atoms with Crippen LogP contribution >= 0.6 is 0 Å². The highest BCUT2D eigenvalue weighted by Crippen LogP contribution is 2.24. The highest BCUT2D eigenvalue weighted by molar-refractivity contribution is 5.58. The van der Waals surface area contributed by atoms with E-state index < -0.39 is 0 Å². The van der Waals surface area contributed by atoms with Crippen molar-refractivity contribution in [2.45, 2.75) is 44.8 Å². The average molecular weight is 260 g/mol. The predicted octanol–water partition coefficient (Wildman–Crippen LogP) is 3.27. The van der Waals surface area contributed by atoms with E-state index in [1.807, 2.05) is 0 Å². The molecular weight excluding hydrogens is 236 g/mol. The number of benzene rings is 1. The van der Waals surface area contributed by atoms with Gasteiger partial charge in [0.15, 0.2) is 0 Å². The van der Waals surface area contributed by atoms with E-state index in [1.165, 1.54) is 50.1 Å². The summed E-state index contributed by atoms with van der Waals surface area (Å²) in [6.07, 6.45) is 5.84. The number of nitrogens with one attached hydrogen (secondary N) is 1. The highest BCUT2D eigenvalue weighted by Gasteiger charge is 2.21. The van der Waals surface area contributed by atoms with Gasteiger partial charge in [-0.15, -0.1) is 0 Å². The number of ether oxygens (including phenoxy) is 1. The van der Waals surface area contributed by atoms with Crippen LogP contribution in [0.25, 0.3) is 0 Å². The maximum absolute atomic E-state index is 5.84. The summed E-state index contributed by atoms with van der Waals surface area (Å²) in [5.41, 5.74) is 2.57. The molecule has 104 valence electrons. The first-order valence-electron chi connectivity index (χ1n) is 7.55. The zero-order valence-corrected chi connectivity index (χ0v) is 11.8. The smallest absolute Gasteiger partial charge is 0.0751 e. The van der Waals surface area contributed by atoms with Crippen LogP contribution < -0.4 is 10.2 Å². The summed E-state index contributed by atoms with van der Waals surface area (Å²) in [5.74, 6) is 0. The van der Waals surface area contributed by atoms with Crippen LogP contribution in [0.1, 0.15) is 32.6 Å². The van der Waals surface area contributed by atoms with E-state index in [9.17, 15) is 0 Å². The predicted molar refractivity (Wildman–Crippen MR) is 79.9 cm³/mol. The Labute approximate surface area is 115 Å². The first-order valence-corrected chi connectivity index (χ1v) is 7.55. The van der Waals surface area contributed by atoms with E-state index in [-0.39, 0.29) is 0 Å². The van der Waals surface area contributed by atoms with Crippen LogP contribution in [0.5, 0.6) is 0 Å². The van der Waals surface area contributed by atoms with E-state index in [0.29, 0.717) is 12.2 Å². The average Bonchev–Trinajstić information content (AvgIpc) is 3.08. The summed E-state index contributed by atoms with van der Waals surface area (Å²) >= 11 is 0. The fourth-order valence-corrected chi connectivity index (χ4v) is 3.05. The largest absolute Gasteiger partial charge is 0.382 e. The molecule has 0 saturated carbocycles. The molecule has 2 atom stereocenters. The zero-order chi connectivity index (χ0) is 13.1. The molecule has 1 aromatic rings. The van der Waals surface area contributed by atoms with Crippen molar-refractivity contribution in [2.24, 2.45) is 0 Å². The minimum absolute atomic E-state index is 0.380. The molecular formula is C16H24N2O. The number of hydrogen-bond acceptors (Lipinski definition) is 3. The lowest BCUT2D eigenvalue weighted by Gasteiger charge is -2.19. The van der Waals surface area contributed by atoms with E-state index >= 15 is 0 Å². The van der Waals surface area contributed by atoms with Crippen LogP contribution in [0.4, 0.5) is 11.4 Å². The molecule has 0 radical (unpaired) electrons. The molecule has 1 N–H and O–H groups in total. The topological polar surface area (TPSA) is 24.5 Å². The second-order valence-electron chi connectivity index (χ2n) is 5.77. The standard InChI is InChI=1S/C16H24N2O/c1-13-7-8-16(19-13)12-17-14-5-4-6-15(11-14)18-9-2-3-10-18/h4-6,11,13,16-17H,2-3,7-10,12H2,1H3. The van der Waals surface area contributed by atoms with E-state index in [0.717, 1.165) is 6.54 Å². The molecule has 1 aromatic carbocycles. The molecule has 2 fully saturated rings. The Kier molecular flexibility index (Phi) is 3.92. The quantitative estimate of drug-likeness (QED) is 0.899. The highest BCUT2D eigenvalue weighted by atomic mass is 16.5. The van der Waals surface area contributed by atoms with Gasteiger partial charge in [-0.05, 0) is 50.8 Å². The maximum Gasteiger partial charge on any atom is 0.0751 e. The molecule has 0 bridgehead atoms. The van der Waals surface area contributed by atoms with Crippen LogP contribution in [0.2, 0.25) is 0 Å². The molecule has 2 heterocycles. The Morgan fingerprint density at radius 3 is 2.84 bits per heavy atom. The van der Waals surface area contributed by atoms with Crippen LogP contribution in [-0.2, 0) is 4.74 Å². The maximum atomic E-state index is 5.84. The third-order valence-corrected chi connectivity index (χ3v) is 4.17. The van der Waals surface area contributed by atoms with Gasteiger partial charge in [0.05, 0.1) is 12.2 Å². The van der Waals surface area contributed by atoms with Crippen LogP contribution in [0.3, 0.4) is 0 Å². The van der Waals surface area contributed by atoms with Gasteiger partial charge in [0.25, 0.3) is 0 Å². The molecule has 0 aromatic heterocycles. The van der Waals surface area contributed by atoms with Gasteiger partial charge in [-0.25, -0.2) is 0 Å². The molecule has 3 nitrogen and oxygen atoms in total. The third-order valence-electron chi connectivity index (χ3n) is 4.17. The molecule has 3 heteroatoms. The van der Waals surface area contributed by atoms with Crippen LogP contribution in [0.15, 0.2) is 24.3 Å². The molecule has 2 aliphatic rings. The summed E-state index contributed by atoms with van der Waals surface area (Å²) in [7, 11) is 0. The van der Waals surface area contributed by atoms with Crippen LogP contribution in [0, 0.1) is 0 Å². The zero-order valence-electron chi connectivity index (χ0n) is 11.8. The molecule has 3 rings (SSSR count). The molecule has 0 amide bonds. The van der Waals surface area contributed by atoms with Crippen molar-refractivity contribution < 1.29 is 4.74 Å². The van der Waals surface area contributed by atoms with Gasteiger partial charge >= 0.3 is 0 Å². The number of anilines is 2. The van der Waals surface area contributed by atoms with Crippen molar-refractivity contribution in [2.75, 3.05) is 29.9 Å². The lowest BCUT2D eigenvalue weighted by molar-refractivity contribution is 0.0637. The van der Waals surface area contributed by atoms with Crippen molar-refractivity contribution in [3.05, 3.63) is 24.3 Å². The molecule has 2 saturated heterocycles. The van der Waals surface area contributed by atoms with E-state index in [4.69, 9.17) is 4.74 Å². The van der Waals surface area contributed by atoms with Gasteiger partial charge in [-0.3, -0.25) is 0 Å². The first-order chi connectivity index (χ1) is 9.31. The van der Waals surface area contributed by atoms with Gasteiger partial charge < -0.3 is 15.0 Å². The third kappa shape index (κ3) is 3.21. The van der Waals surface area contributed by atoms with E-state index in [1.54, 1.807) is 0 Å². The van der Waals surface area contributed by atoms with Crippen LogP contribution in [-0.4, -0.2) is 31.8 Å². The van der Waals surface area contributed by atoms with Crippen molar-refractivity contribution in [3.8, 4) is 0 Å². The minimum Gasteiger partial charge on any atom is -0.382 e. The van der Waals surface area contributed by atoms with Gasteiger partial charge in [0.2, 0.25) is 0 Å². The normalized spacial score (nSPS) is 26.9. The van der Waals surface area contributed by atoms with Crippen molar-refractivity contribution in [1.82, 2.24) is 0 Å². The summed E-state index contributed by atoms with van der Waals surface area (Å²) < 4.78 is 5.84. The van der Waals surface area contributed by atoms with Gasteiger partial charge in [-0.2, -0.15) is 0 Å². The summed E-state index contributed by atoms with van der Waals surface area (Å²) in [6.45, 7) is 5.49. The van der Waals surface area contributed by atoms with Gasteiger partial charge in [-0.1, -0.05) is 6.07 Å². The Balaban J connectivity index is 1.57. The van der Waals surface area contributed by atoms with Gasteiger partial charge in [0.1, 0.15) is 0 Å². The summed E-state index contributed by atoms with van der Waals surface area (Å²) in [5, 5.41) is 3.52. The van der Waals surface area contributed by atoms with Gasteiger partial charge in [0, 0.05) is 31.0 Å². The lowest BCUT2D eigenvalue weighted by Crippen LogP contribution is -2.20.